The predicted octanol–water partition coefficient (Wildman–Crippen LogP) is 7.94. The van der Waals surface area contributed by atoms with Crippen molar-refractivity contribution in [2.75, 3.05) is 0 Å². The van der Waals surface area contributed by atoms with Gasteiger partial charge in [0.2, 0.25) is 0 Å². The van der Waals surface area contributed by atoms with Crippen molar-refractivity contribution in [1.29, 1.82) is 0 Å². The SMILES string of the molecule is CC(C)(C)NS(=O)(=O)c1ccc(-c2cccc(-c3nc(-c4ccc(Cl)c(Cl)c4)cc(C(F)(F)F)n3)c2)s1. The summed E-state index contributed by atoms with van der Waals surface area (Å²) in [6, 6.07) is 15.0. The molecule has 0 saturated heterocycles. The zero-order valence-corrected chi connectivity index (χ0v) is 22.8. The Balaban J connectivity index is 1.77. The fourth-order valence-electron chi connectivity index (χ4n) is 3.41. The van der Waals surface area contributed by atoms with Crippen molar-refractivity contribution in [2.45, 2.75) is 36.7 Å². The Morgan fingerprint density at radius 1 is 0.838 bits per heavy atom. The summed E-state index contributed by atoms with van der Waals surface area (Å²) in [4.78, 5) is 8.74. The van der Waals surface area contributed by atoms with E-state index >= 15 is 0 Å². The molecule has 0 bridgehead atoms. The van der Waals surface area contributed by atoms with Crippen molar-refractivity contribution in [1.82, 2.24) is 14.7 Å². The first kappa shape index (κ1) is 27.5. The molecule has 0 saturated carbocycles. The van der Waals surface area contributed by atoms with E-state index in [4.69, 9.17) is 23.2 Å². The van der Waals surface area contributed by atoms with Crippen LogP contribution in [-0.2, 0) is 16.2 Å². The molecule has 4 rings (SSSR count). The second-order valence-electron chi connectivity index (χ2n) is 9.14. The van der Waals surface area contributed by atoms with Crippen LogP contribution in [0.25, 0.3) is 33.1 Å². The lowest BCUT2D eigenvalue weighted by molar-refractivity contribution is -0.141. The van der Waals surface area contributed by atoms with Crippen molar-refractivity contribution < 1.29 is 21.6 Å². The third-order valence-corrected chi connectivity index (χ3v) is 9.05. The normalized spacial score (nSPS) is 12.6. The van der Waals surface area contributed by atoms with Gasteiger partial charge in [-0.1, -0.05) is 47.5 Å². The van der Waals surface area contributed by atoms with E-state index < -0.39 is 27.4 Å². The summed E-state index contributed by atoms with van der Waals surface area (Å²) in [6.07, 6.45) is -4.71. The molecule has 0 spiro atoms. The quantitative estimate of drug-likeness (QED) is 0.258. The highest BCUT2D eigenvalue weighted by Gasteiger charge is 2.34. The molecule has 1 N–H and O–H groups in total. The maximum atomic E-state index is 13.7. The van der Waals surface area contributed by atoms with Crippen molar-refractivity contribution in [2.24, 2.45) is 0 Å². The minimum Gasteiger partial charge on any atom is -0.228 e. The summed E-state index contributed by atoms with van der Waals surface area (Å²) in [6.45, 7) is 5.22. The molecule has 0 amide bonds. The van der Waals surface area contributed by atoms with Crippen LogP contribution in [0, 0.1) is 0 Å². The molecule has 0 radical (unpaired) electrons. The first-order valence-electron chi connectivity index (χ1n) is 10.8. The molecule has 5 nitrogen and oxygen atoms in total. The summed E-state index contributed by atoms with van der Waals surface area (Å²) in [5, 5.41) is 0.442. The second-order valence-corrected chi connectivity index (χ2v) is 13.0. The van der Waals surface area contributed by atoms with Gasteiger partial charge in [0.15, 0.2) is 5.82 Å². The molecular formula is C25H20Cl2F3N3O2S2. The van der Waals surface area contributed by atoms with Crippen LogP contribution in [0.15, 0.2) is 64.9 Å². The van der Waals surface area contributed by atoms with Gasteiger partial charge < -0.3 is 0 Å². The van der Waals surface area contributed by atoms with E-state index in [1.165, 1.54) is 24.3 Å². The molecule has 0 unspecified atom stereocenters. The number of sulfonamides is 1. The Morgan fingerprint density at radius 3 is 2.19 bits per heavy atom. The average molecular weight is 586 g/mol. The molecule has 0 aliphatic heterocycles. The van der Waals surface area contributed by atoms with Gasteiger partial charge in [-0.25, -0.2) is 23.1 Å². The lowest BCUT2D eigenvalue weighted by Crippen LogP contribution is -2.40. The Morgan fingerprint density at radius 2 is 1.54 bits per heavy atom. The highest BCUT2D eigenvalue weighted by Crippen LogP contribution is 2.36. The number of hydrogen-bond donors (Lipinski definition) is 1. The third-order valence-electron chi connectivity index (χ3n) is 4.92. The highest BCUT2D eigenvalue weighted by atomic mass is 35.5. The molecule has 4 aromatic rings. The van der Waals surface area contributed by atoms with E-state index in [1.54, 1.807) is 51.1 Å². The molecular weight excluding hydrogens is 566 g/mol. The molecule has 2 aromatic heterocycles. The molecule has 0 aliphatic rings. The number of nitrogens with zero attached hydrogens (tertiary/aromatic N) is 2. The third kappa shape index (κ3) is 6.50. The topological polar surface area (TPSA) is 72.0 Å². The predicted molar refractivity (Wildman–Crippen MR) is 141 cm³/mol. The molecule has 12 heteroatoms. The van der Waals surface area contributed by atoms with Crippen molar-refractivity contribution in [3.8, 4) is 33.1 Å². The summed E-state index contributed by atoms with van der Waals surface area (Å²) < 4.78 is 69.2. The van der Waals surface area contributed by atoms with E-state index in [0.717, 1.165) is 17.4 Å². The zero-order valence-electron chi connectivity index (χ0n) is 19.7. The Bertz CT molecular complexity index is 1580. The van der Waals surface area contributed by atoms with Crippen LogP contribution < -0.4 is 4.72 Å². The molecule has 2 heterocycles. The smallest absolute Gasteiger partial charge is 0.228 e. The average Bonchev–Trinajstić information content (AvgIpc) is 3.30. The van der Waals surface area contributed by atoms with Gasteiger partial charge >= 0.3 is 6.18 Å². The van der Waals surface area contributed by atoms with Gasteiger partial charge in [-0.2, -0.15) is 13.2 Å². The standard InChI is InChI=1S/C25H20Cl2F3N3O2S2/c1-24(2,3)33-37(34,35)22-10-9-20(36-22)15-5-4-6-16(11-15)23-31-19(13-21(32-23)25(28,29)30)14-7-8-17(26)18(27)12-14/h4-13,33H,1-3H3. The summed E-state index contributed by atoms with van der Waals surface area (Å²) in [5.41, 5.74) is -0.456. The number of hydrogen-bond acceptors (Lipinski definition) is 5. The highest BCUT2D eigenvalue weighted by molar-refractivity contribution is 7.91. The van der Waals surface area contributed by atoms with E-state index in [0.29, 0.717) is 21.6 Å². The maximum absolute atomic E-state index is 13.7. The molecule has 0 fully saturated rings. The Labute approximate surface area is 226 Å². The van der Waals surface area contributed by atoms with Crippen LogP contribution in [0.4, 0.5) is 13.2 Å². The van der Waals surface area contributed by atoms with Crippen LogP contribution in [0.2, 0.25) is 10.0 Å². The van der Waals surface area contributed by atoms with Crippen molar-refractivity contribution in [3.05, 3.63) is 76.4 Å². The van der Waals surface area contributed by atoms with Gasteiger partial charge in [0.1, 0.15) is 9.90 Å². The number of halogens is 5. The summed E-state index contributed by atoms with van der Waals surface area (Å²) in [5.74, 6) is -0.142. The van der Waals surface area contributed by atoms with Crippen LogP contribution in [-0.4, -0.2) is 23.9 Å². The molecule has 37 heavy (non-hydrogen) atoms. The molecule has 2 aromatic carbocycles. The summed E-state index contributed by atoms with van der Waals surface area (Å²) >= 11 is 13.1. The number of nitrogens with one attached hydrogen (secondary N) is 1. The molecule has 0 atom stereocenters. The molecule has 0 aliphatic carbocycles. The Kier molecular flexibility index (Phi) is 7.44. The van der Waals surface area contributed by atoms with Crippen LogP contribution in [0.3, 0.4) is 0 Å². The van der Waals surface area contributed by atoms with E-state index in [2.05, 4.69) is 14.7 Å². The number of aromatic nitrogens is 2. The summed E-state index contributed by atoms with van der Waals surface area (Å²) in [7, 11) is -3.73. The fourth-order valence-corrected chi connectivity index (χ4v) is 6.43. The van der Waals surface area contributed by atoms with Gasteiger partial charge in [0.05, 0.1) is 15.7 Å². The number of thiophene rings is 1. The van der Waals surface area contributed by atoms with Gasteiger partial charge in [0.25, 0.3) is 10.0 Å². The van der Waals surface area contributed by atoms with Crippen LogP contribution >= 0.6 is 34.5 Å². The number of rotatable bonds is 5. The van der Waals surface area contributed by atoms with Crippen molar-refractivity contribution in [3.63, 3.8) is 0 Å². The fraction of sp³-hybridized carbons (Fsp3) is 0.200. The minimum atomic E-state index is -4.71. The van der Waals surface area contributed by atoms with Gasteiger partial charge in [-0.15, -0.1) is 11.3 Å². The largest absolute Gasteiger partial charge is 0.433 e. The van der Waals surface area contributed by atoms with Crippen LogP contribution in [0.1, 0.15) is 26.5 Å². The number of benzene rings is 2. The Hall–Kier alpha value is -2.50. The van der Waals surface area contributed by atoms with Gasteiger partial charge in [0, 0.05) is 21.5 Å². The zero-order chi connectivity index (χ0) is 27.2. The first-order chi connectivity index (χ1) is 17.1. The lowest BCUT2D eigenvalue weighted by Gasteiger charge is -2.19. The second kappa shape index (κ2) is 9.99. The lowest BCUT2D eigenvalue weighted by atomic mass is 10.1. The monoisotopic (exact) mass is 585 g/mol. The van der Waals surface area contributed by atoms with Gasteiger partial charge in [-0.05, 0) is 62.7 Å². The molecule has 194 valence electrons. The van der Waals surface area contributed by atoms with E-state index in [1.807, 2.05) is 0 Å². The van der Waals surface area contributed by atoms with E-state index in [9.17, 15) is 21.6 Å². The van der Waals surface area contributed by atoms with Crippen molar-refractivity contribution >= 4 is 44.6 Å². The van der Waals surface area contributed by atoms with E-state index in [-0.39, 0.29) is 25.8 Å². The van der Waals surface area contributed by atoms with Crippen LogP contribution in [0.5, 0.6) is 0 Å². The number of alkyl halides is 3. The maximum Gasteiger partial charge on any atom is 0.433 e. The van der Waals surface area contributed by atoms with Gasteiger partial charge in [-0.3, -0.25) is 0 Å². The minimum absolute atomic E-state index is 0.0269. The first-order valence-corrected chi connectivity index (χ1v) is 13.8.